The third-order valence-electron chi connectivity index (χ3n) is 5.85. The minimum atomic E-state index is -0.531. The maximum absolute atomic E-state index is 11.4. The zero-order chi connectivity index (χ0) is 19.9. The average Bonchev–Trinajstić information content (AvgIpc) is 3.35. The molecule has 1 saturated carbocycles. The van der Waals surface area contributed by atoms with Crippen molar-refractivity contribution in [2.45, 2.75) is 64.1 Å². The maximum atomic E-state index is 11.4. The van der Waals surface area contributed by atoms with Gasteiger partial charge in [0, 0.05) is 13.5 Å². The molecule has 1 N–H and O–H groups in total. The summed E-state index contributed by atoms with van der Waals surface area (Å²) in [6.45, 7) is 9.87. The van der Waals surface area contributed by atoms with Gasteiger partial charge in [0.2, 0.25) is 5.91 Å². The van der Waals surface area contributed by atoms with Crippen LogP contribution in [0.25, 0.3) is 6.08 Å². The van der Waals surface area contributed by atoms with Crippen LogP contribution in [-0.4, -0.2) is 30.8 Å². The van der Waals surface area contributed by atoms with Crippen LogP contribution in [0, 0.1) is 11.3 Å². The Bertz CT molecular complexity index is 803. The standard InChI is InChI=1S/C21H27BN2O3/c1-15(25)24-13-18(22-26-19(2,3)20(4,5)27-22)12-16-7-6-8-17(11-16)21(14-23)9-10-21/h6-8,11-12H,9-10,13H2,1-5H3,(H,24,25). The van der Waals surface area contributed by atoms with E-state index < -0.39 is 18.3 Å². The van der Waals surface area contributed by atoms with Gasteiger partial charge in [-0.15, -0.1) is 0 Å². The number of carbonyl (C=O) groups is 1. The number of rotatable bonds is 5. The first-order valence-corrected chi connectivity index (χ1v) is 9.41. The van der Waals surface area contributed by atoms with Gasteiger partial charge in [0.15, 0.2) is 0 Å². The molecule has 1 saturated heterocycles. The van der Waals surface area contributed by atoms with Crippen LogP contribution in [0.2, 0.25) is 0 Å². The number of hydrogen-bond acceptors (Lipinski definition) is 4. The van der Waals surface area contributed by atoms with E-state index in [2.05, 4.69) is 17.5 Å². The molecule has 1 aromatic rings. The van der Waals surface area contributed by atoms with Crippen molar-refractivity contribution in [3.63, 3.8) is 0 Å². The predicted molar refractivity (Wildman–Crippen MR) is 106 cm³/mol. The van der Waals surface area contributed by atoms with Crippen LogP contribution in [0.5, 0.6) is 0 Å². The molecule has 142 valence electrons. The van der Waals surface area contributed by atoms with E-state index in [1.165, 1.54) is 6.92 Å². The molecule has 1 heterocycles. The summed E-state index contributed by atoms with van der Waals surface area (Å²) in [6, 6.07) is 10.5. The molecule has 2 aliphatic rings. The minimum absolute atomic E-state index is 0.104. The van der Waals surface area contributed by atoms with Crippen molar-refractivity contribution in [2.75, 3.05) is 6.54 Å². The molecule has 2 fully saturated rings. The number of nitrogens with one attached hydrogen (secondary N) is 1. The largest absolute Gasteiger partial charge is 0.492 e. The SMILES string of the molecule is CC(=O)NCC(=Cc1cccc(C2(C#N)CC2)c1)B1OC(C)(C)C(C)(C)O1. The molecule has 0 spiro atoms. The highest BCUT2D eigenvalue weighted by molar-refractivity contribution is 6.56. The van der Waals surface area contributed by atoms with E-state index in [4.69, 9.17) is 9.31 Å². The number of benzene rings is 1. The maximum Gasteiger partial charge on any atom is 0.492 e. The van der Waals surface area contributed by atoms with Gasteiger partial charge in [-0.05, 0) is 57.1 Å². The van der Waals surface area contributed by atoms with Gasteiger partial charge < -0.3 is 14.6 Å². The number of nitrogens with zero attached hydrogens (tertiary/aromatic N) is 1. The highest BCUT2D eigenvalue weighted by atomic mass is 16.7. The monoisotopic (exact) mass is 366 g/mol. The van der Waals surface area contributed by atoms with Gasteiger partial charge in [-0.2, -0.15) is 5.26 Å². The molecule has 0 aromatic heterocycles. The zero-order valence-electron chi connectivity index (χ0n) is 16.8. The van der Waals surface area contributed by atoms with Crippen LogP contribution in [0.1, 0.15) is 58.6 Å². The Kier molecular flexibility index (Phi) is 4.96. The molecule has 1 aromatic carbocycles. The number of carbonyl (C=O) groups excluding carboxylic acids is 1. The van der Waals surface area contributed by atoms with Crippen molar-refractivity contribution >= 4 is 19.1 Å². The smallest absolute Gasteiger partial charge is 0.400 e. The second kappa shape index (κ2) is 6.81. The van der Waals surface area contributed by atoms with Crippen LogP contribution in [0.15, 0.2) is 29.7 Å². The summed E-state index contributed by atoms with van der Waals surface area (Å²) < 4.78 is 12.3. The Balaban J connectivity index is 1.91. The minimum Gasteiger partial charge on any atom is -0.400 e. The summed E-state index contributed by atoms with van der Waals surface area (Å²) >= 11 is 0. The topological polar surface area (TPSA) is 71.4 Å². The summed E-state index contributed by atoms with van der Waals surface area (Å²) in [5.41, 5.74) is 1.64. The predicted octanol–water partition coefficient (Wildman–Crippen LogP) is 3.39. The van der Waals surface area contributed by atoms with E-state index in [-0.39, 0.29) is 11.3 Å². The Labute approximate surface area is 161 Å². The Morgan fingerprint density at radius 3 is 2.41 bits per heavy atom. The van der Waals surface area contributed by atoms with Gasteiger partial charge in [0.1, 0.15) is 0 Å². The third kappa shape index (κ3) is 3.95. The fraction of sp³-hybridized carbons (Fsp3) is 0.524. The van der Waals surface area contributed by atoms with Crippen molar-refractivity contribution in [2.24, 2.45) is 0 Å². The summed E-state index contributed by atoms with van der Waals surface area (Å²) in [5, 5.41) is 12.3. The second-order valence-electron chi connectivity index (χ2n) is 8.54. The number of hydrogen-bond donors (Lipinski definition) is 1. The lowest BCUT2D eigenvalue weighted by molar-refractivity contribution is -0.118. The lowest BCUT2D eigenvalue weighted by Gasteiger charge is -2.32. The van der Waals surface area contributed by atoms with Crippen LogP contribution in [0.4, 0.5) is 0 Å². The average molecular weight is 366 g/mol. The van der Waals surface area contributed by atoms with E-state index in [1.54, 1.807) is 0 Å². The highest BCUT2D eigenvalue weighted by Crippen LogP contribution is 2.47. The Hall–Kier alpha value is -2.10. The van der Waals surface area contributed by atoms with Gasteiger partial charge in [-0.25, -0.2) is 0 Å². The van der Waals surface area contributed by atoms with E-state index in [0.717, 1.165) is 29.4 Å². The number of nitriles is 1. The molecule has 0 atom stereocenters. The van der Waals surface area contributed by atoms with Crippen molar-refractivity contribution < 1.29 is 14.1 Å². The van der Waals surface area contributed by atoms with Gasteiger partial charge in [-0.3, -0.25) is 4.79 Å². The molecule has 1 aliphatic heterocycles. The van der Waals surface area contributed by atoms with Crippen LogP contribution in [0.3, 0.4) is 0 Å². The van der Waals surface area contributed by atoms with Gasteiger partial charge in [0.25, 0.3) is 0 Å². The molecule has 3 rings (SSSR count). The third-order valence-corrected chi connectivity index (χ3v) is 5.85. The van der Waals surface area contributed by atoms with Gasteiger partial charge in [0.05, 0.1) is 22.7 Å². The molecule has 1 amide bonds. The zero-order valence-corrected chi connectivity index (χ0v) is 16.8. The molecule has 0 unspecified atom stereocenters. The van der Waals surface area contributed by atoms with Gasteiger partial charge in [-0.1, -0.05) is 30.3 Å². The van der Waals surface area contributed by atoms with E-state index >= 15 is 0 Å². The first kappa shape index (κ1) is 19.7. The summed E-state index contributed by atoms with van der Waals surface area (Å²) in [6.07, 6.45) is 3.81. The number of amides is 1. The van der Waals surface area contributed by atoms with E-state index in [1.807, 2.05) is 52.0 Å². The molecular formula is C21H27BN2O3. The molecule has 6 heteroatoms. The van der Waals surface area contributed by atoms with E-state index in [0.29, 0.717) is 6.54 Å². The first-order chi connectivity index (χ1) is 12.6. The Morgan fingerprint density at radius 1 is 1.26 bits per heavy atom. The normalized spacial score (nSPS) is 22.2. The summed E-state index contributed by atoms with van der Waals surface area (Å²) in [7, 11) is -0.531. The lowest BCUT2D eigenvalue weighted by Crippen LogP contribution is -2.41. The van der Waals surface area contributed by atoms with Crippen molar-refractivity contribution in [1.82, 2.24) is 5.32 Å². The van der Waals surface area contributed by atoms with Crippen molar-refractivity contribution in [3.05, 3.63) is 40.9 Å². The van der Waals surface area contributed by atoms with Crippen LogP contribution < -0.4 is 5.32 Å². The second-order valence-corrected chi connectivity index (χ2v) is 8.54. The van der Waals surface area contributed by atoms with Crippen LogP contribution >= 0.6 is 0 Å². The lowest BCUT2D eigenvalue weighted by atomic mass is 9.76. The van der Waals surface area contributed by atoms with Crippen molar-refractivity contribution in [3.8, 4) is 6.07 Å². The summed E-state index contributed by atoms with van der Waals surface area (Å²) in [4.78, 5) is 11.4. The summed E-state index contributed by atoms with van der Waals surface area (Å²) in [5.74, 6) is -0.104. The molecule has 0 bridgehead atoms. The molecule has 0 radical (unpaired) electrons. The van der Waals surface area contributed by atoms with E-state index in [9.17, 15) is 10.1 Å². The molecule has 1 aliphatic carbocycles. The van der Waals surface area contributed by atoms with Crippen LogP contribution in [-0.2, 0) is 19.5 Å². The fourth-order valence-electron chi connectivity index (χ4n) is 3.15. The Morgan fingerprint density at radius 2 is 1.89 bits per heavy atom. The quantitative estimate of drug-likeness (QED) is 0.811. The highest BCUT2D eigenvalue weighted by Gasteiger charge is 2.52. The van der Waals surface area contributed by atoms with Crippen molar-refractivity contribution in [1.29, 1.82) is 5.26 Å². The fourth-order valence-corrected chi connectivity index (χ4v) is 3.15. The van der Waals surface area contributed by atoms with Gasteiger partial charge >= 0.3 is 7.12 Å². The molecule has 27 heavy (non-hydrogen) atoms. The molecular weight excluding hydrogens is 339 g/mol. The first-order valence-electron chi connectivity index (χ1n) is 9.41. The molecule has 5 nitrogen and oxygen atoms in total.